The van der Waals surface area contributed by atoms with Gasteiger partial charge in [-0.3, -0.25) is 9.59 Å². The third kappa shape index (κ3) is 4.72. The van der Waals surface area contributed by atoms with Crippen molar-refractivity contribution in [3.05, 3.63) is 118 Å². The first-order valence-corrected chi connectivity index (χ1v) is 10.9. The van der Waals surface area contributed by atoms with Gasteiger partial charge < -0.3 is 14.9 Å². The molecule has 0 bridgehead atoms. The molecule has 35 heavy (non-hydrogen) atoms. The van der Waals surface area contributed by atoms with Crippen molar-refractivity contribution >= 4 is 22.6 Å². The summed E-state index contributed by atoms with van der Waals surface area (Å²) < 4.78 is 28.0. The Bertz CT molecular complexity index is 1610. The van der Waals surface area contributed by atoms with E-state index < -0.39 is 17.2 Å². The number of nitrogens with one attached hydrogen (secondary N) is 2. The van der Waals surface area contributed by atoms with Gasteiger partial charge in [-0.05, 0) is 53.1 Å². The summed E-state index contributed by atoms with van der Waals surface area (Å²) in [7, 11) is 0. The molecule has 0 unspecified atom stereocenters. The lowest BCUT2D eigenvalue weighted by molar-refractivity contribution is -0.115. The van der Waals surface area contributed by atoms with Crippen LogP contribution < -0.4 is 10.9 Å². The monoisotopic (exact) mass is 470 g/mol. The molecule has 6 nitrogen and oxygen atoms in total. The summed E-state index contributed by atoms with van der Waals surface area (Å²) in [6.45, 7) is 0.0429. The number of rotatable bonds is 6. The van der Waals surface area contributed by atoms with E-state index in [1.165, 1.54) is 22.9 Å². The van der Waals surface area contributed by atoms with Gasteiger partial charge in [0.25, 0.3) is 5.56 Å². The quantitative estimate of drug-likeness (QED) is 0.371. The Morgan fingerprint density at radius 1 is 0.971 bits per heavy atom. The molecule has 1 amide bonds. The highest BCUT2D eigenvalue weighted by Gasteiger charge is 2.12. The molecule has 5 aromatic rings. The van der Waals surface area contributed by atoms with E-state index in [0.29, 0.717) is 5.56 Å². The average molecular weight is 470 g/mol. The molecule has 0 spiro atoms. The van der Waals surface area contributed by atoms with Gasteiger partial charge in [0.05, 0.1) is 13.0 Å². The Balaban J connectivity index is 1.32. The summed E-state index contributed by atoms with van der Waals surface area (Å²) in [5.74, 6) is -2.27. The smallest absolute Gasteiger partial charge is 0.274 e. The Morgan fingerprint density at radius 3 is 2.71 bits per heavy atom. The molecule has 2 N–H and O–H groups in total. The van der Waals surface area contributed by atoms with Crippen LogP contribution in [0.25, 0.3) is 22.2 Å². The topological polar surface area (TPSA) is 79.8 Å². The Morgan fingerprint density at radius 2 is 1.86 bits per heavy atom. The molecule has 5 rings (SSSR count). The number of nitrogens with zero attached hydrogens (tertiary/aromatic N) is 2. The van der Waals surface area contributed by atoms with E-state index in [4.69, 9.17) is 0 Å². The third-order valence-electron chi connectivity index (χ3n) is 5.68. The highest BCUT2D eigenvalue weighted by Crippen LogP contribution is 2.28. The van der Waals surface area contributed by atoms with Crippen molar-refractivity contribution in [3.63, 3.8) is 0 Å². The van der Waals surface area contributed by atoms with Gasteiger partial charge in [-0.15, -0.1) is 0 Å². The van der Waals surface area contributed by atoms with E-state index in [1.807, 2.05) is 42.6 Å². The largest absolute Gasteiger partial charge is 0.346 e. The minimum atomic E-state index is -0.980. The number of carbonyl (C=O) groups excluding carboxylic acids is 1. The summed E-state index contributed by atoms with van der Waals surface area (Å²) in [4.78, 5) is 33.0. The Kier molecular flexibility index (Phi) is 5.93. The maximum atomic E-state index is 13.5. The van der Waals surface area contributed by atoms with Gasteiger partial charge >= 0.3 is 0 Å². The molecule has 0 radical (unpaired) electrons. The predicted molar refractivity (Wildman–Crippen MR) is 130 cm³/mol. The molecule has 0 saturated carbocycles. The SMILES string of the molecule is O=C(Cc1cccc(-c2c[nH]c3ncccc23)c1)Nc1cccn(Cc2ccc(F)c(F)c2)c1=O. The summed E-state index contributed by atoms with van der Waals surface area (Å²) in [6, 6.07) is 18.1. The second-order valence-corrected chi connectivity index (χ2v) is 8.13. The standard InChI is InChI=1S/C27H20F2N4O2/c28-22-9-8-18(13-23(22)29)16-33-11-3-7-24(27(33)35)32-25(34)14-17-4-1-5-19(12-17)21-15-31-26-20(21)6-2-10-30-26/h1-13,15H,14,16H2,(H,30,31)(H,32,34). The van der Waals surface area contributed by atoms with E-state index in [2.05, 4.69) is 15.3 Å². The predicted octanol–water partition coefficient (Wildman–Crippen LogP) is 4.90. The van der Waals surface area contributed by atoms with Crippen LogP contribution in [0.3, 0.4) is 0 Å². The minimum Gasteiger partial charge on any atom is -0.346 e. The molecule has 0 aliphatic rings. The first-order chi connectivity index (χ1) is 17.0. The summed E-state index contributed by atoms with van der Waals surface area (Å²) >= 11 is 0. The number of hydrogen-bond donors (Lipinski definition) is 2. The molecule has 0 fully saturated rings. The maximum absolute atomic E-state index is 13.5. The van der Waals surface area contributed by atoms with Crippen LogP contribution in [0.5, 0.6) is 0 Å². The van der Waals surface area contributed by atoms with Crippen LogP contribution in [-0.4, -0.2) is 20.4 Å². The van der Waals surface area contributed by atoms with Crippen LogP contribution in [-0.2, 0) is 17.8 Å². The van der Waals surface area contributed by atoms with E-state index in [-0.39, 0.29) is 24.6 Å². The van der Waals surface area contributed by atoms with Crippen LogP contribution in [0.2, 0.25) is 0 Å². The van der Waals surface area contributed by atoms with Gasteiger partial charge in [0.2, 0.25) is 5.91 Å². The second-order valence-electron chi connectivity index (χ2n) is 8.13. The Hall–Kier alpha value is -4.59. The molecule has 174 valence electrons. The number of amides is 1. The van der Waals surface area contributed by atoms with Crippen LogP contribution in [0.1, 0.15) is 11.1 Å². The number of aromatic nitrogens is 3. The van der Waals surface area contributed by atoms with E-state index in [9.17, 15) is 18.4 Å². The van der Waals surface area contributed by atoms with Crippen LogP contribution in [0.4, 0.5) is 14.5 Å². The van der Waals surface area contributed by atoms with Crippen LogP contribution >= 0.6 is 0 Å². The number of fused-ring (bicyclic) bond motifs is 1. The third-order valence-corrected chi connectivity index (χ3v) is 5.68. The molecule has 2 aromatic carbocycles. The van der Waals surface area contributed by atoms with Crippen molar-refractivity contribution in [2.24, 2.45) is 0 Å². The van der Waals surface area contributed by atoms with Gasteiger partial charge in [-0.1, -0.05) is 30.3 Å². The lowest BCUT2D eigenvalue weighted by atomic mass is 10.0. The summed E-state index contributed by atoms with van der Waals surface area (Å²) in [5.41, 5.74) is 3.61. The van der Waals surface area contributed by atoms with Crippen LogP contribution in [0.15, 0.2) is 90.1 Å². The van der Waals surface area contributed by atoms with E-state index in [1.54, 1.807) is 12.3 Å². The zero-order valence-electron chi connectivity index (χ0n) is 18.5. The van der Waals surface area contributed by atoms with Crippen molar-refractivity contribution in [2.75, 3.05) is 5.32 Å². The molecule has 0 saturated heterocycles. The fourth-order valence-electron chi connectivity index (χ4n) is 4.01. The van der Waals surface area contributed by atoms with E-state index in [0.717, 1.165) is 39.9 Å². The fraction of sp³-hybridized carbons (Fsp3) is 0.0741. The van der Waals surface area contributed by atoms with Gasteiger partial charge in [0, 0.05) is 29.5 Å². The number of H-pyrrole nitrogens is 1. The summed E-state index contributed by atoms with van der Waals surface area (Å²) in [5, 5.41) is 3.65. The van der Waals surface area contributed by atoms with Gasteiger partial charge in [0.15, 0.2) is 11.6 Å². The van der Waals surface area contributed by atoms with E-state index >= 15 is 0 Å². The first kappa shape index (κ1) is 22.2. The highest BCUT2D eigenvalue weighted by atomic mass is 19.2. The molecule has 0 aliphatic heterocycles. The summed E-state index contributed by atoms with van der Waals surface area (Å²) in [6.07, 6.45) is 5.21. The van der Waals surface area contributed by atoms with Crippen LogP contribution in [0, 0.1) is 11.6 Å². The Labute approximate surface area is 198 Å². The molecular weight excluding hydrogens is 450 g/mol. The molecule has 8 heteroatoms. The second kappa shape index (κ2) is 9.34. The normalized spacial score (nSPS) is 11.0. The molecule has 0 aliphatic carbocycles. The highest BCUT2D eigenvalue weighted by molar-refractivity contribution is 5.94. The lowest BCUT2D eigenvalue weighted by Crippen LogP contribution is -2.26. The maximum Gasteiger partial charge on any atom is 0.274 e. The molecule has 0 atom stereocenters. The zero-order valence-corrected chi connectivity index (χ0v) is 18.5. The number of carbonyl (C=O) groups is 1. The van der Waals surface area contributed by atoms with Crippen molar-refractivity contribution in [3.8, 4) is 11.1 Å². The number of hydrogen-bond acceptors (Lipinski definition) is 3. The van der Waals surface area contributed by atoms with Crippen molar-refractivity contribution < 1.29 is 13.6 Å². The molecular formula is C27H20F2N4O2. The van der Waals surface area contributed by atoms with Crippen molar-refractivity contribution in [1.29, 1.82) is 0 Å². The van der Waals surface area contributed by atoms with Gasteiger partial charge in [-0.2, -0.15) is 0 Å². The van der Waals surface area contributed by atoms with Gasteiger partial charge in [0.1, 0.15) is 11.3 Å². The number of benzene rings is 2. The molecule has 3 aromatic heterocycles. The zero-order chi connectivity index (χ0) is 24.4. The molecule has 3 heterocycles. The van der Waals surface area contributed by atoms with Crippen molar-refractivity contribution in [1.82, 2.24) is 14.5 Å². The minimum absolute atomic E-state index is 0.0429. The lowest BCUT2D eigenvalue weighted by Gasteiger charge is -2.10. The number of aromatic amines is 1. The first-order valence-electron chi connectivity index (χ1n) is 10.9. The number of pyridine rings is 2. The number of halogens is 2. The average Bonchev–Trinajstić information content (AvgIpc) is 3.28. The van der Waals surface area contributed by atoms with Crippen molar-refractivity contribution in [2.45, 2.75) is 13.0 Å². The van der Waals surface area contributed by atoms with Gasteiger partial charge in [-0.25, -0.2) is 13.8 Å². The fourth-order valence-corrected chi connectivity index (χ4v) is 4.01. The number of anilines is 1.